The number of pyridine rings is 2. The molecule has 0 unspecified atom stereocenters. The van der Waals surface area contributed by atoms with E-state index >= 15 is 4.39 Å². The summed E-state index contributed by atoms with van der Waals surface area (Å²) in [5.74, 6) is -1.08. The fourth-order valence-corrected chi connectivity index (χ4v) is 5.44. The van der Waals surface area contributed by atoms with Crippen molar-refractivity contribution in [2.24, 2.45) is 0 Å². The van der Waals surface area contributed by atoms with Crippen LogP contribution in [0.1, 0.15) is 36.8 Å². The lowest BCUT2D eigenvalue weighted by molar-refractivity contribution is -0.138. The molecule has 0 radical (unpaired) electrons. The predicted octanol–water partition coefficient (Wildman–Crippen LogP) is 6.81. The van der Waals surface area contributed by atoms with E-state index in [-0.39, 0.29) is 10.6 Å². The molecular weight excluding hydrogens is 532 g/mol. The topological polar surface area (TPSA) is 64.8 Å². The van der Waals surface area contributed by atoms with Crippen molar-refractivity contribution < 1.29 is 34.8 Å². The van der Waals surface area contributed by atoms with Crippen LogP contribution in [-0.2, 0) is 22.6 Å². The summed E-state index contributed by atoms with van der Waals surface area (Å²) < 4.78 is 109. The van der Waals surface area contributed by atoms with Gasteiger partial charge in [-0.3, -0.25) is 4.98 Å². The van der Waals surface area contributed by atoms with Crippen molar-refractivity contribution in [2.75, 3.05) is 5.75 Å². The molecule has 3 aliphatic rings. The van der Waals surface area contributed by atoms with Crippen molar-refractivity contribution in [3.05, 3.63) is 65.7 Å². The largest absolute Gasteiger partial charge is 0.417 e. The van der Waals surface area contributed by atoms with Crippen LogP contribution in [0.3, 0.4) is 0 Å². The molecular formula is C26H21F6N3O2S. The summed E-state index contributed by atoms with van der Waals surface area (Å²) in [6.07, 6.45) is -4.05. The summed E-state index contributed by atoms with van der Waals surface area (Å²) in [5.41, 5.74) is -1.21. The number of aromatic nitrogens is 3. The lowest BCUT2D eigenvalue weighted by Gasteiger charge is -2.16. The zero-order valence-electron chi connectivity index (χ0n) is 19.9. The van der Waals surface area contributed by atoms with E-state index in [1.54, 1.807) is 0 Å². The van der Waals surface area contributed by atoms with Gasteiger partial charge in [-0.1, -0.05) is 31.2 Å². The Hall–Kier alpha value is -3.41. The Balaban J connectivity index is 1.69. The van der Waals surface area contributed by atoms with Gasteiger partial charge in [-0.25, -0.2) is 26.6 Å². The number of rotatable bonds is 7. The Morgan fingerprint density at radius 1 is 1.05 bits per heavy atom. The zero-order chi connectivity index (χ0) is 27.4. The van der Waals surface area contributed by atoms with Crippen molar-refractivity contribution in [1.29, 1.82) is 0 Å². The molecule has 1 aromatic carbocycles. The van der Waals surface area contributed by atoms with Crippen LogP contribution in [0, 0.1) is 5.82 Å². The van der Waals surface area contributed by atoms with Gasteiger partial charge in [0.1, 0.15) is 17.1 Å². The van der Waals surface area contributed by atoms with Gasteiger partial charge in [-0.05, 0) is 42.0 Å². The first kappa shape index (κ1) is 26.2. The molecule has 1 saturated carbocycles. The first-order valence-electron chi connectivity index (χ1n) is 11.8. The zero-order valence-corrected chi connectivity index (χ0v) is 20.8. The SMILES string of the molecule is CCS(=O)(=O)c1cc(-c2ccc(C3CC3)cc2)cnc1-c1nc2cc(C(F)(F)F)cn(CC(F)F)c-2c1F. The van der Waals surface area contributed by atoms with Gasteiger partial charge in [0.05, 0.1) is 28.5 Å². The first-order chi connectivity index (χ1) is 17.9. The summed E-state index contributed by atoms with van der Waals surface area (Å²) in [7, 11) is -4.01. The highest BCUT2D eigenvalue weighted by Crippen LogP contribution is 2.42. The average molecular weight is 554 g/mol. The molecule has 2 aliphatic heterocycles. The molecule has 5 rings (SSSR count). The molecule has 12 heteroatoms. The maximum Gasteiger partial charge on any atom is 0.417 e. The predicted molar refractivity (Wildman–Crippen MR) is 128 cm³/mol. The maximum absolute atomic E-state index is 15.6. The lowest BCUT2D eigenvalue weighted by atomic mass is 10.0. The highest BCUT2D eigenvalue weighted by atomic mass is 32.2. The Bertz CT molecular complexity index is 1580. The number of halogens is 6. The number of hydrogen-bond acceptors (Lipinski definition) is 4. The molecule has 5 nitrogen and oxygen atoms in total. The Morgan fingerprint density at radius 3 is 2.32 bits per heavy atom. The summed E-state index contributed by atoms with van der Waals surface area (Å²) in [6, 6.07) is 9.40. The van der Waals surface area contributed by atoms with Gasteiger partial charge in [0, 0.05) is 18.0 Å². The molecule has 0 spiro atoms. The van der Waals surface area contributed by atoms with E-state index in [0.717, 1.165) is 12.8 Å². The second-order valence-corrected chi connectivity index (χ2v) is 11.4. The van der Waals surface area contributed by atoms with Gasteiger partial charge >= 0.3 is 6.18 Å². The van der Waals surface area contributed by atoms with Crippen LogP contribution in [0.4, 0.5) is 26.3 Å². The number of sulfone groups is 1. The molecule has 0 atom stereocenters. The summed E-state index contributed by atoms with van der Waals surface area (Å²) in [5, 5.41) is 0. The highest BCUT2D eigenvalue weighted by molar-refractivity contribution is 7.91. The molecule has 200 valence electrons. The van der Waals surface area contributed by atoms with Gasteiger partial charge in [-0.2, -0.15) is 13.2 Å². The Labute approximate surface area is 214 Å². The number of alkyl halides is 5. The van der Waals surface area contributed by atoms with Crippen molar-refractivity contribution in [3.8, 4) is 33.9 Å². The molecule has 0 saturated heterocycles. The van der Waals surface area contributed by atoms with Crippen molar-refractivity contribution >= 4 is 9.84 Å². The minimum atomic E-state index is -4.90. The molecule has 0 N–H and O–H groups in total. The highest BCUT2D eigenvalue weighted by Gasteiger charge is 2.36. The van der Waals surface area contributed by atoms with Gasteiger partial charge in [-0.15, -0.1) is 0 Å². The van der Waals surface area contributed by atoms with E-state index in [0.29, 0.717) is 33.9 Å². The van der Waals surface area contributed by atoms with Crippen molar-refractivity contribution in [2.45, 2.75) is 49.7 Å². The third kappa shape index (κ3) is 4.89. The second-order valence-electron chi connectivity index (χ2n) is 9.15. The van der Waals surface area contributed by atoms with E-state index in [4.69, 9.17) is 0 Å². The smallest absolute Gasteiger partial charge is 0.337 e. The molecule has 1 fully saturated rings. The lowest BCUT2D eigenvalue weighted by Crippen LogP contribution is -2.15. The number of nitrogens with zero attached hydrogens (tertiary/aromatic N) is 3. The summed E-state index contributed by atoms with van der Waals surface area (Å²) in [4.78, 5) is 7.71. The van der Waals surface area contributed by atoms with Crippen LogP contribution in [0.2, 0.25) is 0 Å². The number of benzene rings is 1. The van der Waals surface area contributed by atoms with E-state index < -0.39 is 63.1 Å². The Kier molecular flexibility index (Phi) is 6.49. The van der Waals surface area contributed by atoms with Gasteiger partial charge in [0.25, 0.3) is 6.43 Å². The molecule has 1 aromatic heterocycles. The fraction of sp³-hybridized carbons (Fsp3) is 0.308. The quantitative estimate of drug-likeness (QED) is 0.236. The molecule has 0 amide bonds. The van der Waals surface area contributed by atoms with E-state index in [1.807, 2.05) is 24.3 Å². The second kappa shape index (κ2) is 9.40. The number of fused-ring (bicyclic) bond motifs is 1. The minimum absolute atomic E-state index is 0.359. The standard InChI is InChI=1S/C26H21F6N3O2S/c1-2-38(36,37)20-9-17(16-7-5-15(6-8-16)14-3-4-14)11-33-23(20)24-22(29)25-19(34-24)10-18(26(30,31)32)12-35(25)13-21(27)28/h5-12,14,21H,2-4,13H2,1H3. The van der Waals surface area contributed by atoms with Crippen LogP contribution in [0.25, 0.3) is 33.9 Å². The van der Waals surface area contributed by atoms with Crippen LogP contribution in [0.15, 0.2) is 53.7 Å². The molecule has 0 bridgehead atoms. The first-order valence-corrected chi connectivity index (χ1v) is 13.4. The maximum atomic E-state index is 15.6. The third-order valence-corrected chi connectivity index (χ3v) is 8.25. The minimum Gasteiger partial charge on any atom is -0.337 e. The molecule has 2 aromatic rings. The van der Waals surface area contributed by atoms with Gasteiger partial charge in [0.15, 0.2) is 15.7 Å². The van der Waals surface area contributed by atoms with E-state index in [1.165, 1.54) is 24.8 Å². The van der Waals surface area contributed by atoms with Crippen molar-refractivity contribution in [3.63, 3.8) is 0 Å². The van der Waals surface area contributed by atoms with Crippen LogP contribution < -0.4 is 0 Å². The molecule has 1 aliphatic carbocycles. The number of hydrogen-bond donors (Lipinski definition) is 0. The average Bonchev–Trinajstić information content (AvgIpc) is 3.66. The normalized spacial score (nSPS) is 14.5. The monoisotopic (exact) mass is 553 g/mol. The van der Waals surface area contributed by atoms with E-state index in [9.17, 15) is 30.4 Å². The molecule has 38 heavy (non-hydrogen) atoms. The van der Waals surface area contributed by atoms with E-state index in [2.05, 4.69) is 9.97 Å². The summed E-state index contributed by atoms with van der Waals surface area (Å²) >= 11 is 0. The third-order valence-electron chi connectivity index (χ3n) is 6.51. The van der Waals surface area contributed by atoms with Crippen LogP contribution >= 0.6 is 0 Å². The molecule has 3 heterocycles. The van der Waals surface area contributed by atoms with Crippen LogP contribution in [-0.4, -0.2) is 35.1 Å². The Morgan fingerprint density at radius 2 is 1.74 bits per heavy atom. The summed E-state index contributed by atoms with van der Waals surface area (Å²) in [6.45, 7) is 0.166. The van der Waals surface area contributed by atoms with Crippen LogP contribution in [0.5, 0.6) is 0 Å². The fourth-order valence-electron chi connectivity index (χ4n) is 4.38. The van der Waals surface area contributed by atoms with Crippen molar-refractivity contribution in [1.82, 2.24) is 14.5 Å². The van der Waals surface area contributed by atoms with Gasteiger partial charge in [0.2, 0.25) is 0 Å². The van der Waals surface area contributed by atoms with Gasteiger partial charge < -0.3 is 4.57 Å².